The maximum atomic E-state index is 6.81. The van der Waals surface area contributed by atoms with E-state index in [9.17, 15) is 0 Å². The highest BCUT2D eigenvalue weighted by Crippen LogP contribution is 2.64. The van der Waals surface area contributed by atoms with Crippen LogP contribution >= 0.6 is 0 Å². The molecule has 2 unspecified atom stereocenters. The second kappa shape index (κ2) is 3.58. The molecule has 0 aliphatic heterocycles. The van der Waals surface area contributed by atoms with E-state index in [-0.39, 0.29) is 11.0 Å². The minimum Gasteiger partial charge on any atom is -0.324 e. The molecule has 2 aliphatic rings. The van der Waals surface area contributed by atoms with Crippen LogP contribution in [0.15, 0.2) is 30.3 Å². The SMILES string of the molecule is CC(C)(c1ccccc1)C1(N)C2CCCCC21. The molecule has 1 heteroatoms. The molecule has 2 fully saturated rings. The summed E-state index contributed by atoms with van der Waals surface area (Å²) in [4.78, 5) is 0. The van der Waals surface area contributed by atoms with E-state index in [2.05, 4.69) is 44.2 Å². The summed E-state index contributed by atoms with van der Waals surface area (Å²) in [5.41, 5.74) is 8.36. The number of hydrogen-bond donors (Lipinski definition) is 1. The topological polar surface area (TPSA) is 26.0 Å². The molecule has 92 valence electrons. The average Bonchev–Trinajstić information content (AvgIpc) is 2.99. The van der Waals surface area contributed by atoms with Crippen molar-refractivity contribution in [1.82, 2.24) is 0 Å². The van der Waals surface area contributed by atoms with Gasteiger partial charge in [-0.2, -0.15) is 0 Å². The Hall–Kier alpha value is -0.820. The van der Waals surface area contributed by atoms with Crippen molar-refractivity contribution in [3.05, 3.63) is 35.9 Å². The molecule has 0 spiro atoms. The maximum Gasteiger partial charge on any atom is 0.0310 e. The largest absolute Gasteiger partial charge is 0.324 e. The molecule has 0 aromatic heterocycles. The van der Waals surface area contributed by atoms with Crippen molar-refractivity contribution in [3.8, 4) is 0 Å². The van der Waals surface area contributed by atoms with Crippen molar-refractivity contribution in [2.45, 2.75) is 50.5 Å². The van der Waals surface area contributed by atoms with Gasteiger partial charge in [-0.15, -0.1) is 0 Å². The summed E-state index contributed by atoms with van der Waals surface area (Å²) in [6.45, 7) is 4.67. The average molecular weight is 229 g/mol. The fraction of sp³-hybridized carbons (Fsp3) is 0.625. The first-order valence-electron chi connectivity index (χ1n) is 6.93. The Kier molecular flexibility index (Phi) is 2.38. The number of fused-ring (bicyclic) bond motifs is 1. The zero-order valence-electron chi connectivity index (χ0n) is 10.9. The molecular weight excluding hydrogens is 206 g/mol. The maximum absolute atomic E-state index is 6.81. The van der Waals surface area contributed by atoms with Gasteiger partial charge >= 0.3 is 0 Å². The Morgan fingerprint density at radius 1 is 1.06 bits per heavy atom. The minimum atomic E-state index is 0.0465. The smallest absolute Gasteiger partial charge is 0.0310 e. The van der Waals surface area contributed by atoms with Crippen LogP contribution in [0.5, 0.6) is 0 Å². The summed E-state index contributed by atoms with van der Waals surface area (Å²) >= 11 is 0. The molecule has 2 aliphatic carbocycles. The standard InChI is InChI=1S/C16H23N/c1-15(2,12-8-4-3-5-9-12)16(17)13-10-6-7-11-14(13)16/h3-5,8-9,13-14H,6-7,10-11,17H2,1-2H3. The molecule has 1 aromatic rings. The van der Waals surface area contributed by atoms with Gasteiger partial charge in [-0.25, -0.2) is 0 Å². The normalized spacial score (nSPS) is 36.4. The van der Waals surface area contributed by atoms with Crippen molar-refractivity contribution < 1.29 is 0 Å². The third-order valence-electron chi connectivity index (χ3n) is 5.46. The Morgan fingerprint density at radius 2 is 1.59 bits per heavy atom. The van der Waals surface area contributed by atoms with Gasteiger partial charge in [0.05, 0.1) is 0 Å². The molecule has 0 bridgehead atoms. The fourth-order valence-corrected chi connectivity index (χ4v) is 4.20. The third kappa shape index (κ3) is 1.41. The monoisotopic (exact) mass is 229 g/mol. The number of rotatable bonds is 2. The Bertz CT molecular complexity index is 395. The van der Waals surface area contributed by atoms with Gasteiger partial charge in [0.15, 0.2) is 0 Å². The van der Waals surface area contributed by atoms with E-state index in [1.807, 2.05) is 0 Å². The van der Waals surface area contributed by atoms with Gasteiger partial charge in [-0.05, 0) is 30.2 Å². The highest BCUT2D eigenvalue weighted by molar-refractivity contribution is 5.37. The van der Waals surface area contributed by atoms with E-state index in [1.165, 1.54) is 31.2 Å². The van der Waals surface area contributed by atoms with E-state index in [4.69, 9.17) is 5.73 Å². The lowest BCUT2D eigenvalue weighted by Gasteiger charge is -2.34. The lowest BCUT2D eigenvalue weighted by molar-refractivity contribution is 0.347. The summed E-state index contributed by atoms with van der Waals surface area (Å²) in [5, 5.41) is 0. The molecule has 2 saturated carbocycles. The molecule has 0 saturated heterocycles. The first-order valence-corrected chi connectivity index (χ1v) is 6.93. The zero-order chi connectivity index (χ0) is 12.1. The van der Waals surface area contributed by atoms with E-state index in [1.54, 1.807) is 0 Å². The lowest BCUT2D eigenvalue weighted by Crippen LogP contribution is -2.46. The number of nitrogens with two attached hydrogens (primary N) is 1. The minimum absolute atomic E-state index is 0.0465. The van der Waals surface area contributed by atoms with Crippen molar-refractivity contribution in [2.75, 3.05) is 0 Å². The van der Waals surface area contributed by atoms with Gasteiger partial charge in [-0.1, -0.05) is 57.0 Å². The summed E-state index contributed by atoms with van der Waals surface area (Å²) in [6, 6.07) is 10.8. The van der Waals surface area contributed by atoms with Crippen LogP contribution in [0.25, 0.3) is 0 Å². The fourth-order valence-electron chi connectivity index (χ4n) is 4.20. The quantitative estimate of drug-likeness (QED) is 0.825. The summed E-state index contributed by atoms with van der Waals surface area (Å²) in [7, 11) is 0. The van der Waals surface area contributed by atoms with Gasteiger partial charge < -0.3 is 5.73 Å². The van der Waals surface area contributed by atoms with Gasteiger partial charge in [-0.3, -0.25) is 0 Å². The van der Waals surface area contributed by atoms with E-state index in [0.717, 1.165) is 11.8 Å². The summed E-state index contributed by atoms with van der Waals surface area (Å²) in [6.07, 6.45) is 5.45. The predicted molar refractivity (Wildman–Crippen MR) is 71.8 cm³/mol. The van der Waals surface area contributed by atoms with Crippen LogP contribution in [0.2, 0.25) is 0 Å². The molecular formula is C16H23N. The zero-order valence-corrected chi connectivity index (χ0v) is 10.9. The highest BCUT2D eigenvalue weighted by atomic mass is 14.9. The molecule has 0 heterocycles. The summed E-state index contributed by atoms with van der Waals surface area (Å²) in [5.74, 6) is 1.54. The van der Waals surface area contributed by atoms with Crippen molar-refractivity contribution in [1.29, 1.82) is 0 Å². The molecule has 2 atom stereocenters. The van der Waals surface area contributed by atoms with Gasteiger partial charge in [0.25, 0.3) is 0 Å². The van der Waals surface area contributed by atoms with Crippen LogP contribution in [0.1, 0.15) is 45.1 Å². The molecule has 1 aromatic carbocycles. The molecule has 2 N–H and O–H groups in total. The van der Waals surface area contributed by atoms with E-state index < -0.39 is 0 Å². The first-order chi connectivity index (χ1) is 8.08. The Labute approximate surface area is 104 Å². The highest BCUT2D eigenvalue weighted by Gasteiger charge is 2.68. The van der Waals surface area contributed by atoms with Crippen molar-refractivity contribution in [3.63, 3.8) is 0 Å². The number of benzene rings is 1. The summed E-state index contributed by atoms with van der Waals surface area (Å²) < 4.78 is 0. The van der Waals surface area contributed by atoms with Gasteiger partial charge in [0, 0.05) is 11.0 Å². The van der Waals surface area contributed by atoms with Crippen LogP contribution < -0.4 is 5.73 Å². The molecule has 0 radical (unpaired) electrons. The van der Waals surface area contributed by atoms with Crippen molar-refractivity contribution >= 4 is 0 Å². The van der Waals surface area contributed by atoms with Crippen LogP contribution in [0.4, 0.5) is 0 Å². The van der Waals surface area contributed by atoms with Crippen LogP contribution in [0, 0.1) is 11.8 Å². The molecule has 0 amide bonds. The van der Waals surface area contributed by atoms with E-state index in [0.29, 0.717) is 0 Å². The van der Waals surface area contributed by atoms with Crippen molar-refractivity contribution in [2.24, 2.45) is 17.6 Å². The van der Waals surface area contributed by atoms with Crippen LogP contribution in [-0.2, 0) is 5.41 Å². The number of hydrogen-bond acceptors (Lipinski definition) is 1. The Morgan fingerprint density at radius 3 is 2.12 bits per heavy atom. The van der Waals surface area contributed by atoms with E-state index >= 15 is 0 Å². The van der Waals surface area contributed by atoms with Gasteiger partial charge in [0.2, 0.25) is 0 Å². The van der Waals surface area contributed by atoms with Crippen LogP contribution in [-0.4, -0.2) is 5.54 Å². The first kappa shape index (κ1) is 11.3. The Balaban J connectivity index is 1.94. The third-order valence-corrected chi connectivity index (χ3v) is 5.46. The second-order valence-electron chi connectivity index (χ2n) is 6.42. The molecule has 1 nitrogen and oxygen atoms in total. The van der Waals surface area contributed by atoms with Crippen LogP contribution in [0.3, 0.4) is 0 Å². The molecule has 3 rings (SSSR count). The predicted octanol–water partition coefficient (Wildman–Crippen LogP) is 3.48. The lowest BCUT2D eigenvalue weighted by atomic mass is 9.74. The molecule has 17 heavy (non-hydrogen) atoms. The second-order valence-corrected chi connectivity index (χ2v) is 6.42. The van der Waals surface area contributed by atoms with Gasteiger partial charge in [0.1, 0.15) is 0 Å².